The maximum Gasteiger partial charge on any atom is 0.490 e. The van der Waals surface area contributed by atoms with Crippen LogP contribution in [-0.2, 0) is 16.0 Å². The van der Waals surface area contributed by atoms with Gasteiger partial charge >= 0.3 is 12.1 Å². The Bertz CT molecular complexity index is 544. The molecule has 0 aliphatic heterocycles. The zero-order valence-corrected chi connectivity index (χ0v) is 13.8. The van der Waals surface area contributed by atoms with E-state index in [-0.39, 0.29) is 5.91 Å². The number of halogens is 3. The zero-order chi connectivity index (χ0) is 18.9. The highest BCUT2D eigenvalue weighted by Crippen LogP contribution is 2.17. The summed E-state index contributed by atoms with van der Waals surface area (Å²) in [5, 5.41) is 10.2. The molecule has 1 aromatic rings. The largest absolute Gasteiger partial charge is 0.490 e. The molecule has 0 unspecified atom stereocenters. The van der Waals surface area contributed by atoms with E-state index in [9.17, 15) is 18.0 Å². The summed E-state index contributed by atoms with van der Waals surface area (Å²) in [6, 6.07) is 9.84. The first-order valence-corrected chi connectivity index (χ1v) is 8.10. The molecule has 0 aromatic heterocycles. The summed E-state index contributed by atoms with van der Waals surface area (Å²) in [5.41, 5.74) is 7.07. The van der Waals surface area contributed by atoms with Crippen molar-refractivity contribution in [1.29, 1.82) is 0 Å². The molecule has 1 amide bonds. The van der Waals surface area contributed by atoms with Crippen molar-refractivity contribution in [2.45, 2.75) is 56.8 Å². The minimum Gasteiger partial charge on any atom is -0.475 e. The van der Waals surface area contributed by atoms with Gasteiger partial charge in [-0.15, -0.1) is 0 Å². The Kier molecular flexibility index (Phi) is 8.40. The van der Waals surface area contributed by atoms with E-state index in [2.05, 4.69) is 5.32 Å². The number of hydrogen-bond acceptors (Lipinski definition) is 3. The van der Waals surface area contributed by atoms with E-state index in [1.807, 2.05) is 30.3 Å². The minimum absolute atomic E-state index is 0.00856. The lowest BCUT2D eigenvalue weighted by atomic mass is 9.95. The third kappa shape index (κ3) is 8.53. The fourth-order valence-electron chi connectivity index (χ4n) is 2.52. The van der Waals surface area contributed by atoms with Gasteiger partial charge in [0.05, 0.1) is 6.04 Å². The van der Waals surface area contributed by atoms with Crippen LogP contribution >= 0.6 is 0 Å². The number of aliphatic carboxylic acids is 1. The lowest BCUT2D eigenvalue weighted by Gasteiger charge is -2.24. The third-order valence-corrected chi connectivity index (χ3v) is 3.83. The van der Waals surface area contributed by atoms with Crippen LogP contribution in [0.2, 0.25) is 0 Å². The van der Waals surface area contributed by atoms with E-state index in [1.165, 1.54) is 19.3 Å². The number of carboxylic acids is 1. The van der Waals surface area contributed by atoms with Crippen LogP contribution in [0.4, 0.5) is 13.2 Å². The lowest BCUT2D eigenvalue weighted by Crippen LogP contribution is -2.46. The van der Waals surface area contributed by atoms with Crippen LogP contribution in [0, 0.1) is 0 Å². The summed E-state index contributed by atoms with van der Waals surface area (Å²) in [5.74, 6) is -2.77. The number of benzene rings is 1. The maximum absolute atomic E-state index is 12.0. The summed E-state index contributed by atoms with van der Waals surface area (Å²) < 4.78 is 31.7. The monoisotopic (exact) mass is 360 g/mol. The molecule has 1 atom stereocenters. The Labute approximate surface area is 144 Å². The zero-order valence-electron chi connectivity index (χ0n) is 13.8. The number of hydrogen-bond donors (Lipinski definition) is 3. The van der Waals surface area contributed by atoms with Gasteiger partial charge in [0.1, 0.15) is 0 Å². The molecule has 4 N–H and O–H groups in total. The molecule has 1 aliphatic carbocycles. The lowest BCUT2D eigenvalue weighted by molar-refractivity contribution is -0.192. The summed E-state index contributed by atoms with van der Waals surface area (Å²) in [6.45, 7) is 0. The van der Waals surface area contributed by atoms with E-state index in [1.54, 1.807) is 0 Å². The summed E-state index contributed by atoms with van der Waals surface area (Å²) >= 11 is 0. The molecule has 0 spiro atoms. The van der Waals surface area contributed by atoms with Gasteiger partial charge in [-0.05, 0) is 24.8 Å². The van der Waals surface area contributed by atoms with Crippen molar-refractivity contribution >= 4 is 11.9 Å². The standard InChI is InChI=1S/C15H22N2O.C2HF3O2/c16-14(11-12-7-3-1-4-8-12)15(18)17-13-9-5-2-6-10-13;3-2(4,5)1(6)7/h1,3-4,7-8,13-14H,2,5-6,9-11,16H2,(H,17,18);(H,6,7)/t14-;/m0./s1. The maximum atomic E-state index is 12.0. The molecular weight excluding hydrogens is 337 g/mol. The second-order valence-corrected chi connectivity index (χ2v) is 5.94. The van der Waals surface area contributed by atoms with Gasteiger partial charge in [0.2, 0.25) is 5.91 Å². The Morgan fingerprint density at radius 2 is 1.68 bits per heavy atom. The average molecular weight is 360 g/mol. The number of alkyl halides is 3. The molecule has 1 saturated carbocycles. The number of nitrogens with one attached hydrogen (secondary N) is 1. The highest BCUT2D eigenvalue weighted by Gasteiger charge is 2.38. The molecule has 2 rings (SSSR count). The summed E-state index contributed by atoms with van der Waals surface area (Å²) in [6.07, 6.45) is 1.47. The van der Waals surface area contributed by atoms with Crippen LogP contribution in [-0.4, -0.2) is 35.2 Å². The molecule has 0 heterocycles. The number of nitrogens with two attached hydrogens (primary N) is 1. The third-order valence-electron chi connectivity index (χ3n) is 3.83. The molecule has 0 radical (unpaired) electrons. The smallest absolute Gasteiger partial charge is 0.475 e. The molecular formula is C17H23F3N2O3. The Balaban J connectivity index is 0.000000381. The fraction of sp³-hybridized carbons (Fsp3) is 0.529. The van der Waals surface area contributed by atoms with Crippen molar-refractivity contribution in [3.05, 3.63) is 35.9 Å². The van der Waals surface area contributed by atoms with Crippen LogP contribution < -0.4 is 11.1 Å². The van der Waals surface area contributed by atoms with Crippen LogP contribution in [0.1, 0.15) is 37.7 Å². The second-order valence-electron chi connectivity index (χ2n) is 5.94. The Morgan fingerprint density at radius 1 is 1.16 bits per heavy atom. The molecule has 1 aromatic carbocycles. The normalized spacial score (nSPS) is 16.3. The van der Waals surface area contributed by atoms with Gasteiger partial charge in [-0.2, -0.15) is 13.2 Å². The van der Waals surface area contributed by atoms with E-state index in [0.29, 0.717) is 12.5 Å². The highest BCUT2D eigenvalue weighted by atomic mass is 19.4. The molecule has 25 heavy (non-hydrogen) atoms. The van der Waals surface area contributed by atoms with Gasteiger partial charge in [0.25, 0.3) is 0 Å². The van der Waals surface area contributed by atoms with E-state index in [0.717, 1.165) is 18.4 Å². The van der Waals surface area contributed by atoms with Gasteiger partial charge in [0, 0.05) is 6.04 Å². The Morgan fingerprint density at radius 3 is 2.16 bits per heavy atom. The quantitative estimate of drug-likeness (QED) is 0.770. The van der Waals surface area contributed by atoms with Crippen LogP contribution in [0.15, 0.2) is 30.3 Å². The predicted octanol–water partition coefficient (Wildman–Crippen LogP) is 2.64. The van der Waals surface area contributed by atoms with Crippen LogP contribution in [0.3, 0.4) is 0 Å². The first kappa shape index (κ1) is 21.0. The fourth-order valence-corrected chi connectivity index (χ4v) is 2.52. The van der Waals surface area contributed by atoms with Crippen molar-refractivity contribution in [3.8, 4) is 0 Å². The summed E-state index contributed by atoms with van der Waals surface area (Å²) in [4.78, 5) is 20.9. The van der Waals surface area contributed by atoms with Crippen molar-refractivity contribution < 1.29 is 27.9 Å². The van der Waals surface area contributed by atoms with Gasteiger partial charge in [-0.25, -0.2) is 4.79 Å². The van der Waals surface area contributed by atoms with Crippen molar-refractivity contribution in [3.63, 3.8) is 0 Å². The van der Waals surface area contributed by atoms with E-state index in [4.69, 9.17) is 15.6 Å². The Hall–Kier alpha value is -2.09. The molecule has 1 aliphatic rings. The molecule has 8 heteroatoms. The number of carbonyl (C=O) groups is 2. The number of rotatable bonds is 4. The molecule has 140 valence electrons. The number of carboxylic acid groups (broad SMARTS) is 1. The number of amides is 1. The van der Waals surface area contributed by atoms with Crippen molar-refractivity contribution in [2.24, 2.45) is 5.73 Å². The van der Waals surface area contributed by atoms with Gasteiger partial charge in [-0.1, -0.05) is 49.6 Å². The number of carbonyl (C=O) groups excluding carboxylic acids is 1. The second kappa shape index (κ2) is 10.0. The predicted molar refractivity (Wildman–Crippen MR) is 86.8 cm³/mol. The topological polar surface area (TPSA) is 92.4 Å². The van der Waals surface area contributed by atoms with Crippen molar-refractivity contribution in [1.82, 2.24) is 5.32 Å². The van der Waals surface area contributed by atoms with E-state index >= 15 is 0 Å². The van der Waals surface area contributed by atoms with Crippen LogP contribution in [0.25, 0.3) is 0 Å². The molecule has 1 fully saturated rings. The molecule has 5 nitrogen and oxygen atoms in total. The van der Waals surface area contributed by atoms with Crippen molar-refractivity contribution in [2.75, 3.05) is 0 Å². The minimum atomic E-state index is -5.08. The highest BCUT2D eigenvalue weighted by molar-refractivity contribution is 5.82. The molecule has 0 bridgehead atoms. The van der Waals surface area contributed by atoms with Gasteiger partial charge in [0.15, 0.2) is 0 Å². The first-order valence-electron chi connectivity index (χ1n) is 8.10. The SMILES string of the molecule is N[C@@H](Cc1ccccc1)C(=O)NC1CCCCC1.O=C(O)C(F)(F)F. The average Bonchev–Trinajstić information content (AvgIpc) is 2.56. The van der Waals surface area contributed by atoms with Gasteiger partial charge in [-0.3, -0.25) is 4.79 Å². The van der Waals surface area contributed by atoms with Crippen LogP contribution in [0.5, 0.6) is 0 Å². The first-order chi connectivity index (χ1) is 11.7. The van der Waals surface area contributed by atoms with Gasteiger partial charge < -0.3 is 16.2 Å². The molecule has 0 saturated heterocycles. The van der Waals surface area contributed by atoms with E-state index < -0.39 is 18.2 Å². The summed E-state index contributed by atoms with van der Waals surface area (Å²) in [7, 11) is 0.